The van der Waals surface area contributed by atoms with E-state index in [0.717, 1.165) is 0 Å². The molecule has 18 N–H and O–H groups in total. The Balaban J connectivity index is 1.60. The molecule has 0 aromatic rings. The van der Waals surface area contributed by atoms with E-state index in [-0.39, 0.29) is 13.1 Å². The molecule has 2 amide bonds. The van der Waals surface area contributed by atoms with Crippen LogP contribution in [0, 0.1) is 0 Å². The summed E-state index contributed by atoms with van der Waals surface area (Å²) in [7, 11) is 0. The Morgan fingerprint density at radius 3 is 1.29 bits per heavy atom. The van der Waals surface area contributed by atoms with Gasteiger partial charge in [0, 0.05) is 29.7 Å². The van der Waals surface area contributed by atoms with Gasteiger partial charge in [0.05, 0.1) is 38.9 Å². The highest BCUT2D eigenvalue weighted by Crippen LogP contribution is 2.26. The van der Waals surface area contributed by atoms with E-state index in [1.165, 1.54) is 23.5 Å². The molecule has 63 heavy (non-hydrogen) atoms. The first-order valence-electron chi connectivity index (χ1n) is 19.2. The molecule has 0 spiro atoms. The average Bonchev–Trinajstić information content (AvgIpc) is 3.28. The van der Waals surface area contributed by atoms with Gasteiger partial charge in [-0.05, 0) is 0 Å². The molecule has 0 aromatic heterocycles. The highest BCUT2D eigenvalue weighted by atomic mass is 32.2. The maximum absolute atomic E-state index is 12.0. The second-order valence-corrected chi connectivity index (χ2v) is 16.3. The molecule has 2 heterocycles. The van der Waals surface area contributed by atoms with Gasteiger partial charge in [-0.15, -0.1) is 23.5 Å². The van der Waals surface area contributed by atoms with Crippen molar-refractivity contribution in [2.45, 2.75) is 110 Å². The lowest BCUT2D eigenvalue weighted by molar-refractivity contribution is -0.326. The molecule has 0 aromatic carbocycles. The van der Waals surface area contributed by atoms with Crippen LogP contribution in [-0.4, -0.2) is 286 Å². The van der Waals surface area contributed by atoms with Crippen molar-refractivity contribution in [3.8, 4) is 0 Å². The SMILES string of the molecule is O=C(CON=C[C@@H](O)C(O)[C@H](O[C@@H]1OC(CO)[C@@H](O)C(O)[C@@H]1O)C(O)CO)NCCSCSCCNC(=O)CON=C[C@@H](O)C(O)[C@H](O[C@@H]1OC(CO)[C@@H](O)C(O)[C@@H]1O)C(O)CO. The summed E-state index contributed by atoms with van der Waals surface area (Å²) >= 11 is 2.92. The summed E-state index contributed by atoms with van der Waals surface area (Å²) in [5.74, 6) is -0.177. The lowest BCUT2D eigenvalue weighted by atomic mass is 9.98. The molecule has 0 bridgehead atoms. The van der Waals surface area contributed by atoms with Crippen LogP contribution < -0.4 is 10.6 Å². The van der Waals surface area contributed by atoms with Crippen molar-refractivity contribution in [2.75, 3.05) is 69.3 Å². The summed E-state index contributed by atoms with van der Waals surface area (Å²) in [6.07, 6.45) is -31.3. The number of nitrogens with one attached hydrogen (secondary N) is 2. The standard InChI is InChI=1S/C33H60N4O24S2/c38-7-16(44)30(60-32-28(54)26(52)24(50)18(9-40)58-32)22(48)14(42)5-36-56-11-20(46)34-1-3-62-13-63-4-2-35-21(47)12-57-37-6-15(43)23(49)31(17(45)8-39)61-33-29(55)27(53)25(51)19(10-41)59-33/h5-6,14-19,22-33,38-45,48-55H,1-4,7-13H2,(H,34,46)(H,35,47)/t14-,15-,16?,17?,18?,19?,22?,23?,24-,25-,26?,27?,28+,29+,30-,31-,32+,33+/m1/s1. The predicted molar refractivity (Wildman–Crippen MR) is 212 cm³/mol. The summed E-state index contributed by atoms with van der Waals surface area (Å²) in [6, 6.07) is 0. The van der Waals surface area contributed by atoms with Crippen molar-refractivity contribution < 1.29 is 120 Å². The number of thioether (sulfide) groups is 2. The molecule has 0 aliphatic carbocycles. The van der Waals surface area contributed by atoms with Crippen LogP contribution in [0.5, 0.6) is 0 Å². The van der Waals surface area contributed by atoms with Gasteiger partial charge < -0.3 is 121 Å². The number of carbonyl (C=O) groups is 2. The molecule has 0 radical (unpaired) electrons. The number of hydrogen-bond donors (Lipinski definition) is 18. The molecule has 30 heteroatoms. The monoisotopic (exact) mass is 960 g/mol. The molecule has 2 rings (SSSR count). The highest BCUT2D eigenvalue weighted by Gasteiger charge is 2.48. The van der Waals surface area contributed by atoms with Crippen LogP contribution in [-0.2, 0) is 38.2 Å². The van der Waals surface area contributed by atoms with Crippen LogP contribution in [0.1, 0.15) is 0 Å². The summed E-state index contributed by atoms with van der Waals surface area (Å²) < 4.78 is 20.9. The predicted octanol–water partition coefficient (Wildman–Crippen LogP) is -10.8. The molecule has 368 valence electrons. The minimum absolute atomic E-state index is 0.239. The zero-order chi connectivity index (χ0) is 47.2. The van der Waals surface area contributed by atoms with E-state index in [9.17, 15) is 91.3 Å². The van der Waals surface area contributed by atoms with Crippen LogP contribution in [0.4, 0.5) is 0 Å². The molecular formula is C33H60N4O24S2. The molecule has 2 saturated heterocycles. The Hall–Kier alpha value is -2.22. The minimum Gasteiger partial charge on any atom is -0.394 e. The fraction of sp³-hybridized carbons (Fsp3) is 0.879. The van der Waals surface area contributed by atoms with E-state index < -0.39 is 162 Å². The summed E-state index contributed by atoms with van der Waals surface area (Å²) in [6.45, 7) is -4.25. The number of nitrogens with zero attached hydrogens (tertiary/aromatic N) is 2. The largest absolute Gasteiger partial charge is 0.394 e. The molecule has 8 unspecified atom stereocenters. The third kappa shape index (κ3) is 18.5. The molecule has 0 saturated carbocycles. The molecule has 2 aliphatic heterocycles. The Morgan fingerprint density at radius 1 is 0.587 bits per heavy atom. The lowest BCUT2D eigenvalue weighted by Crippen LogP contribution is -2.61. The topological polar surface area (TPSA) is 462 Å². The molecular weight excluding hydrogens is 901 g/mol. The first-order valence-corrected chi connectivity index (χ1v) is 21.5. The van der Waals surface area contributed by atoms with Crippen molar-refractivity contribution in [3.05, 3.63) is 0 Å². The van der Waals surface area contributed by atoms with Gasteiger partial charge in [0.2, 0.25) is 0 Å². The number of rotatable bonds is 30. The van der Waals surface area contributed by atoms with Gasteiger partial charge >= 0.3 is 0 Å². The number of hydrogen-bond acceptors (Lipinski definition) is 28. The van der Waals surface area contributed by atoms with Gasteiger partial charge in [-0.25, -0.2) is 0 Å². The van der Waals surface area contributed by atoms with Gasteiger partial charge in [-0.1, -0.05) is 10.3 Å². The molecule has 2 fully saturated rings. The van der Waals surface area contributed by atoms with Gasteiger partial charge in [0.25, 0.3) is 11.8 Å². The maximum Gasteiger partial charge on any atom is 0.260 e. The van der Waals surface area contributed by atoms with E-state index >= 15 is 0 Å². The first-order chi connectivity index (χ1) is 29.9. The average molecular weight is 961 g/mol. The van der Waals surface area contributed by atoms with E-state index in [2.05, 4.69) is 20.9 Å². The summed E-state index contributed by atoms with van der Waals surface area (Å²) in [5.41, 5.74) is 0. The van der Waals surface area contributed by atoms with E-state index in [0.29, 0.717) is 29.0 Å². The van der Waals surface area contributed by atoms with Crippen molar-refractivity contribution in [2.24, 2.45) is 10.3 Å². The van der Waals surface area contributed by atoms with E-state index in [4.69, 9.17) is 28.6 Å². The maximum atomic E-state index is 12.0. The third-order valence-electron chi connectivity index (χ3n) is 9.06. The van der Waals surface area contributed by atoms with Gasteiger partial charge in [-0.2, -0.15) is 0 Å². The van der Waals surface area contributed by atoms with Crippen molar-refractivity contribution in [1.82, 2.24) is 10.6 Å². The van der Waals surface area contributed by atoms with E-state index in [1.54, 1.807) is 0 Å². The zero-order valence-corrected chi connectivity index (χ0v) is 35.1. The number of aliphatic hydroxyl groups is 16. The van der Waals surface area contributed by atoms with Gasteiger partial charge in [0.1, 0.15) is 97.7 Å². The molecule has 2 aliphatic rings. The van der Waals surface area contributed by atoms with Crippen LogP contribution in [0.2, 0.25) is 0 Å². The number of aliphatic hydroxyl groups excluding tert-OH is 16. The van der Waals surface area contributed by atoms with Crippen LogP contribution in [0.15, 0.2) is 10.3 Å². The summed E-state index contributed by atoms with van der Waals surface area (Å²) in [4.78, 5) is 33.7. The number of carbonyl (C=O) groups excluding carboxylic acids is 2. The van der Waals surface area contributed by atoms with Crippen LogP contribution in [0.25, 0.3) is 0 Å². The van der Waals surface area contributed by atoms with Gasteiger partial charge in [0.15, 0.2) is 25.8 Å². The second-order valence-electron chi connectivity index (χ2n) is 13.7. The first kappa shape index (κ1) is 56.9. The third-order valence-corrected chi connectivity index (χ3v) is 11.4. The lowest BCUT2D eigenvalue weighted by Gasteiger charge is -2.42. The Morgan fingerprint density at radius 2 is 0.952 bits per heavy atom. The quantitative estimate of drug-likeness (QED) is 0.0138. The smallest absolute Gasteiger partial charge is 0.260 e. The van der Waals surface area contributed by atoms with Crippen molar-refractivity contribution in [3.63, 3.8) is 0 Å². The summed E-state index contributed by atoms with van der Waals surface area (Å²) in [5, 5.41) is 172. The second kappa shape index (κ2) is 30.1. The number of ether oxygens (including phenoxy) is 4. The highest BCUT2D eigenvalue weighted by molar-refractivity contribution is 8.16. The van der Waals surface area contributed by atoms with Crippen molar-refractivity contribution >= 4 is 47.8 Å². The fourth-order valence-corrected chi connectivity index (χ4v) is 7.35. The minimum atomic E-state index is -2.03. The zero-order valence-electron chi connectivity index (χ0n) is 33.5. The van der Waals surface area contributed by atoms with Crippen LogP contribution >= 0.6 is 23.5 Å². The van der Waals surface area contributed by atoms with Gasteiger partial charge in [-0.3, -0.25) is 9.59 Å². The normalized spacial score (nSPS) is 30.5. The van der Waals surface area contributed by atoms with E-state index in [1.807, 2.05) is 0 Å². The van der Waals surface area contributed by atoms with Crippen molar-refractivity contribution in [1.29, 1.82) is 0 Å². The Kier molecular flexibility index (Phi) is 27.2. The number of amides is 2. The molecule has 28 nitrogen and oxygen atoms in total. The fourth-order valence-electron chi connectivity index (χ4n) is 5.45. The Labute approximate surface area is 367 Å². The Bertz CT molecular complexity index is 1250. The molecule has 18 atom stereocenters. The number of oxime groups is 2. The van der Waals surface area contributed by atoms with Crippen LogP contribution in [0.3, 0.4) is 0 Å².